The number of hydrogen-bond acceptors (Lipinski definition) is 8. The van der Waals surface area contributed by atoms with Crippen LogP contribution in [0.15, 0.2) is 103 Å². The summed E-state index contributed by atoms with van der Waals surface area (Å²) in [5, 5.41) is 3.64. The van der Waals surface area contributed by atoms with Gasteiger partial charge in [0.25, 0.3) is 0 Å². The van der Waals surface area contributed by atoms with E-state index >= 15 is 0 Å². The highest BCUT2D eigenvalue weighted by Crippen LogP contribution is 2.43. The van der Waals surface area contributed by atoms with Gasteiger partial charge in [-0.2, -0.15) is 0 Å². The van der Waals surface area contributed by atoms with Crippen LogP contribution in [0.4, 0.5) is 0 Å². The van der Waals surface area contributed by atoms with Gasteiger partial charge in [-0.15, -0.1) is 0 Å². The SMILES string of the molecule is CCCCCCCC/C=C\CCCCCCCC(=O)O[C@H](COC(=O)CCCCCCCCCCCCCCCCC)COP(=O)(O)OCCNC(c1ccccc1)(c1ccccc1)c1ccccc1. The molecule has 0 bridgehead atoms. The van der Waals surface area contributed by atoms with Crippen molar-refractivity contribution in [3.05, 3.63) is 120 Å². The number of carbonyl (C=O) groups is 2. The van der Waals surface area contributed by atoms with Gasteiger partial charge in [0.15, 0.2) is 6.10 Å². The summed E-state index contributed by atoms with van der Waals surface area (Å²) in [5.74, 6) is -0.845. The summed E-state index contributed by atoms with van der Waals surface area (Å²) < 4.78 is 35.5. The Kier molecular flexibility index (Phi) is 34.7. The van der Waals surface area contributed by atoms with Crippen LogP contribution in [0.2, 0.25) is 0 Å². The van der Waals surface area contributed by atoms with E-state index in [4.69, 9.17) is 18.5 Å². The van der Waals surface area contributed by atoms with Gasteiger partial charge in [0.05, 0.1) is 18.8 Å². The van der Waals surface area contributed by atoms with Gasteiger partial charge in [0.1, 0.15) is 6.61 Å². The molecule has 0 saturated carbocycles. The Morgan fingerprint density at radius 1 is 0.514 bits per heavy atom. The monoisotopic (exact) mass is 988 g/mol. The highest BCUT2D eigenvalue weighted by atomic mass is 31.2. The largest absolute Gasteiger partial charge is 0.472 e. The smallest absolute Gasteiger partial charge is 0.462 e. The molecule has 392 valence electrons. The molecule has 0 aliphatic heterocycles. The minimum absolute atomic E-state index is 0.157. The zero-order chi connectivity index (χ0) is 50.1. The maximum atomic E-state index is 13.3. The Hall–Kier alpha value is -3.59. The minimum Gasteiger partial charge on any atom is -0.462 e. The number of ether oxygens (including phenoxy) is 2. The summed E-state index contributed by atoms with van der Waals surface area (Å²) in [7, 11) is -4.61. The summed E-state index contributed by atoms with van der Waals surface area (Å²) in [6.07, 6.45) is 37.7. The lowest BCUT2D eigenvalue weighted by Crippen LogP contribution is -2.46. The van der Waals surface area contributed by atoms with Crippen LogP contribution >= 0.6 is 7.82 Å². The second kappa shape index (κ2) is 40.0. The summed E-state index contributed by atoms with van der Waals surface area (Å²) in [5.41, 5.74) is 2.21. The number of benzene rings is 3. The fourth-order valence-electron chi connectivity index (χ4n) is 9.08. The zero-order valence-corrected chi connectivity index (χ0v) is 44.6. The van der Waals surface area contributed by atoms with Crippen LogP contribution in [-0.4, -0.2) is 49.3 Å². The molecule has 2 atom stereocenters. The molecule has 3 aromatic rings. The first kappa shape index (κ1) is 60.7. The van der Waals surface area contributed by atoms with E-state index in [0.717, 1.165) is 68.1 Å². The molecule has 3 aromatic carbocycles. The lowest BCUT2D eigenvalue weighted by molar-refractivity contribution is -0.161. The van der Waals surface area contributed by atoms with E-state index in [1.807, 2.05) is 54.6 Å². The number of carbonyl (C=O) groups excluding carboxylic acids is 2. The third kappa shape index (κ3) is 27.9. The van der Waals surface area contributed by atoms with E-state index in [1.165, 1.54) is 122 Å². The van der Waals surface area contributed by atoms with Crippen LogP contribution in [-0.2, 0) is 38.2 Å². The van der Waals surface area contributed by atoms with E-state index in [9.17, 15) is 19.0 Å². The predicted molar refractivity (Wildman–Crippen MR) is 289 cm³/mol. The van der Waals surface area contributed by atoms with Gasteiger partial charge in [-0.25, -0.2) is 4.57 Å². The highest BCUT2D eigenvalue weighted by molar-refractivity contribution is 7.47. The molecular formula is C60H94NO8P. The molecule has 0 spiro atoms. The summed E-state index contributed by atoms with van der Waals surface area (Å²) >= 11 is 0. The van der Waals surface area contributed by atoms with Crippen molar-refractivity contribution in [1.29, 1.82) is 0 Å². The van der Waals surface area contributed by atoms with Gasteiger partial charge < -0.3 is 14.4 Å². The fraction of sp³-hybridized carbons (Fsp3) is 0.633. The van der Waals surface area contributed by atoms with Gasteiger partial charge in [-0.05, 0) is 55.2 Å². The second-order valence-corrected chi connectivity index (χ2v) is 20.7. The first-order chi connectivity index (χ1) is 34.3. The van der Waals surface area contributed by atoms with Crippen molar-refractivity contribution in [3.8, 4) is 0 Å². The molecule has 9 nitrogen and oxygen atoms in total. The number of unbranched alkanes of at least 4 members (excludes halogenated alkanes) is 25. The Morgan fingerprint density at radius 3 is 1.30 bits per heavy atom. The Balaban J connectivity index is 1.45. The maximum absolute atomic E-state index is 13.3. The molecule has 0 heterocycles. The lowest BCUT2D eigenvalue weighted by atomic mass is 9.77. The first-order valence-electron chi connectivity index (χ1n) is 27.8. The predicted octanol–water partition coefficient (Wildman–Crippen LogP) is 16.5. The Bertz CT molecular complexity index is 1700. The summed E-state index contributed by atoms with van der Waals surface area (Å²) in [6, 6.07) is 30.2. The average molecular weight is 988 g/mol. The molecule has 0 amide bonds. The lowest BCUT2D eigenvalue weighted by Gasteiger charge is -2.37. The molecule has 0 aliphatic carbocycles. The molecule has 0 fully saturated rings. The number of allylic oxidation sites excluding steroid dienone is 2. The van der Waals surface area contributed by atoms with Crippen molar-refractivity contribution in [1.82, 2.24) is 5.32 Å². The molecule has 1 unspecified atom stereocenters. The topological polar surface area (TPSA) is 120 Å². The van der Waals surface area contributed by atoms with Gasteiger partial charge in [0.2, 0.25) is 0 Å². The van der Waals surface area contributed by atoms with Gasteiger partial charge in [0, 0.05) is 19.4 Å². The number of phosphoric ester groups is 1. The van der Waals surface area contributed by atoms with Crippen LogP contribution in [0.25, 0.3) is 0 Å². The van der Waals surface area contributed by atoms with Crippen molar-refractivity contribution in [2.24, 2.45) is 0 Å². The van der Waals surface area contributed by atoms with E-state index in [2.05, 4.69) is 67.7 Å². The molecule has 3 rings (SSSR count). The van der Waals surface area contributed by atoms with Crippen LogP contribution < -0.4 is 5.32 Å². The Labute approximate surface area is 425 Å². The number of phosphoric acid groups is 1. The van der Waals surface area contributed by atoms with Crippen molar-refractivity contribution in [2.45, 2.75) is 218 Å². The van der Waals surface area contributed by atoms with E-state index < -0.39 is 32.0 Å². The third-order valence-electron chi connectivity index (χ3n) is 13.1. The van der Waals surface area contributed by atoms with Gasteiger partial charge in [-0.3, -0.25) is 24.0 Å². The Morgan fingerprint density at radius 2 is 0.886 bits per heavy atom. The molecule has 0 saturated heterocycles. The quantitative estimate of drug-likeness (QED) is 0.0187. The van der Waals surface area contributed by atoms with Crippen LogP contribution in [0.5, 0.6) is 0 Å². The van der Waals surface area contributed by atoms with E-state index in [0.29, 0.717) is 6.42 Å². The summed E-state index contributed by atoms with van der Waals surface area (Å²) in [4.78, 5) is 36.7. The fourth-order valence-corrected chi connectivity index (χ4v) is 9.84. The maximum Gasteiger partial charge on any atom is 0.472 e. The molecular weight excluding hydrogens is 894 g/mol. The molecule has 0 radical (unpaired) electrons. The first-order valence-corrected chi connectivity index (χ1v) is 29.3. The summed E-state index contributed by atoms with van der Waals surface area (Å²) in [6.45, 7) is 3.81. The van der Waals surface area contributed by atoms with Crippen molar-refractivity contribution >= 4 is 19.8 Å². The third-order valence-corrected chi connectivity index (χ3v) is 14.1. The second-order valence-electron chi connectivity index (χ2n) is 19.2. The van der Waals surface area contributed by atoms with Crippen LogP contribution in [0.3, 0.4) is 0 Å². The average Bonchev–Trinajstić information content (AvgIpc) is 3.38. The zero-order valence-electron chi connectivity index (χ0n) is 43.7. The standard InChI is InChI=1S/C60H94NO8P/c1-3-5-7-9-11-13-15-17-19-21-23-25-27-29-40-48-58(62)66-52-57(69-59(63)49-41-30-28-26-24-22-20-18-16-14-12-10-8-6-4-2)53-68-70(64,65)67-51-50-61-60(54-42-34-31-35-43-54,55-44-36-32-37-45-55)56-46-38-33-39-47-56/h18,20,31-39,42-47,57,61H,3-17,19,21-30,40-41,48-53H2,1-2H3,(H,64,65)/b20-18-/t57-/m1/s1. The molecule has 2 N–H and O–H groups in total. The van der Waals surface area contributed by atoms with E-state index in [1.54, 1.807) is 0 Å². The normalized spacial score (nSPS) is 13.1. The van der Waals surface area contributed by atoms with Crippen LogP contribution in [0.1, 0.15) is 223 Å². The number of rotatable bonds is 45. The minimum atomic E-state index is -4.61. The molecule has 10 heteroatoms. The molecule has 0 aliphatic rings. The number of nitrogens with one attached hydrogen (secondary N) is 1. The van der Waals surface area contributed by atoms with E-state index in [-0.39, 0.29) is 38.6 Å². The molecule has 70 heavy (non-hydrogen) atoms. The van der Waals surface area contributed by atoms with Crippen molar-refractivity contribution in [2.75, 3.05) is 26.4 Å². The number of hydrogen-bond donors (Lipinski definition) is 2. The number of esters is 2. The van der Waals surface area contributed by atoms with Gasteiger partial charge >= 0.3 is 19.8 Å². The van der Waals surface area contributed by atoms with Crippen molar-refractivity contribution < 1.29 is 37.6 Å². The highest BCUT2D eigenvalue weighted by Gasteiger charge is 2.36. The van der Waals surface area contributed by atoms with Crippen molar-refractivity contribution in [3.63, 3.8) is 0 Å². The molecule has 0 aromatic heterocycles. The van der Waals surface area contributed by atoms with Gasteiger partial charge in [-0.1, -0.05) is 258 Å². The van der Waals surface area contributed by atoms with Crippen LogP contribution in [0, 0.1) is 0 Å².